The summed E-state index contributed by atoms with van der Waals surface area (Å²) >= 11 is 0. The van der Waals surface area contributed by atoms with E-state index in [2.05, 4.69) is 108 Å². The number of rotatable bonds is 9. The van der Waals surface area contributed by atoms with Gasteiger partial charge in [0, 0.05) is 0 Å². The van der Waals surface area contributed by atoms with Crippen LogP contribution in [0.15, 0.2) is 36.0 Å². The average molecular weight is 481 g/mol. The van der Waals surface area contributed by atoms with Crippen LogP contribution in [0.1, 0.15) is 144 Å². The molecule has 206 valence electrons. The second-order valence-electron chi connectivity index (χ2n) is 13.0. The van der Waals surface area contributed by atoms with E-state index in [1.165, 1.54) is 17.6 Å². The lowest BCUT2D eigenvalue weighted by Crippen LogP contribution is -2.29. The summed E-state index contributed by atoms with van der Waals surface area (Å²) < 4.78 is 0. The van der Waals surface area contributed by atoms with E-state index >= 15 is 0 Å². The monoisotopic (exact) mass is 481 g/mol. The fourth-order valence-electron chi connectivity index (χ4n) is 4.22. The molecule has 0 saturated carbocycles. The van der Waals surface area contributed by atoms with Gasteiger partial charge in [0.25, 0.3) is 0 Å². The fourth-order valence-corrected chi connectivity index (χ4v) is 4.22. The highest BCUT2D eigenvalue weighted by atomic mass is 16.3. The van der Waals surface area contributed by atoms with Gasteiger partial charge in [0.1, 0.15) is 0 Å². The van der Waals surface area contributed by atoms with Crippen LogP contribution in [0.5, 0.6) is 0 Å². The molecule has 0 aromatic carbocycles. The Bertz CT molecular complexity index is 554. The van der Waals surface area contributed by atoms with Crippen molar-refractivity contribution < 1.29 is 5.11 Å². The SMILES string of the molecule is C=C/C(CC(C)(C)C)=C(\C=C/C)C(C)(C)CC(C)(C)C(C)C.CC.CC.CC(C)CC(C)(C)O. The molecule has 1 N–H and O–H groups in total. The smallest absolute Gasteiger partial charge is 0.0594 e. The molecule has 1 heteroatoms. The molecule has 0 aromatic heterocycles. The van der Waals surface area contributed by atoms with Crippen molar-refractivity contribution in [2.75, 3.05) is 0 Å². The van der Waals surface area contributed by atoms with Gasteiger partial charge in [0.15, 0.2) is 0 Å². The molecular weight excluding hydrogens is 412 g/mol. The third-order valence-electron chi connectivity index (χ3n) is 5.74. The molecule has 0 saturated heterocycles. The van der Waals surface area contributed by atoms with Crippen molar-refractivity contribution >= 4 is 0 Å². The summed E-state index contributed by atoms with van der Waals surface area (Å²) in [4.78, 5) is 0. The molecule has 0 aromatic rings. The summed E-state index contributed by atoms with van der Waals surface area (Å²) in [6, 6.07) is 0. The van der Waals surface area contributed by atoms with Gasteiger partial charge in [-0.1, -0.05) is 129 Å². The van der Waals surface area contributed by atoms with Gasteiger partial charge in [-0.15, -0.1) is 0 Å². The van der Waals surface area contributed by atoms with E-state index in [1.807, 2.05) is 41.5 Å². The van der Waals surface area contributed by atoms with Gasteiger partial charge in [-0.05, 0) is 79.3 Å². The maximum Gasteiger partial charge on any atom is 0.0594 e. The lowest BCUT2D eigenvalue weighted by Gasteiger charge is -2.40. The van der Waals surface area contributed by atoms with Crippen LogP contribution in [-0.2, 0) is 0 Å². The molecule has 0 amide bonds. The van der Waals surface area contributed by atoms with Crippen LogP contribution in [0.3, 0.4) is 0 Å². The Morgan fingerprint density at radius 3 is 1.44 bits per heavy atom. The van der Waals surface area contributed by atoms with Crippen molar-refractivity contribution in [2.45, 2.75) is 149 Å². The summed E-state index contributed by atoms with van der Waals surface area (Å²) in [7, 11) is 0. The summed E-state index contributed by atoms with van der Waals surface area (Å²) in [5.41, 5.74) is 3.12. The number of hydrogen-bond donors (Lipinski definition) is 1. The molecule has 0 aliphatic heterocycles. The van der Waals surface area contributed by atoms with Crippen LogP contribution in [0.4, 0.5) is 0 Å². The van der Waals surface area contributed by atoms with E-state index in [1.54, 1.807) is 0 Å². The van der Waals surface area contributed by atoms with E-state index in [0.717, 1.165) is 12.8 Å². The minimum atomic E-state index is -0.478. The van der Waals surface area contributed by atoms with Crippen LogP contribution in [0.2, 0.25) is 0 Å². The van der Waals surface area contributed by atoms with Crippen LogP contribution < -0.4 is 0 Å². The zero-order valence-electron chi connectivity index (χ0n) is 27.2. The van der Waals surface area contributed by atoms with Gasteiger partial charge in [-0.2, -0.15) is 0 Å². The van der Waals surface area contributed by atoms with E-state index in [-0.39, 0.29) is 10.8 Å². The van der Waals surface area contributed by atoms with E-state index in [4.69, 9.17) is 0 Å². The van der Waals surface area contributed by atoms with E-state index in [9.17, 15) is 5.11 Å². The van der Waals surface area contributed by atoms with Crippen LogP contribution in [-0.4, -0.2) is 10.7 Å². The Morgan fingerprint density at radius 1 is 0.824 bits per heavy atom. The van der Waals surface area contributed by atoms with E-state index in [0.29, 0.717) is 17.3 Å². The molecule has 0 spiro atoms. The molecule has 0 rings (SSSR count). The Morgan fingerprint density at radius 2 is 1.24 bits per heavy atom. The highest BCUT2D eigenvalue weighted by Gasteiger charge is 2.34. The Labute approximate surface area is 218 Å². The van der Waals surface area contributed by atoms with Crippen molar-refractivity contribution in [3.05, 3.63) is 36.0 Å². The molecule has 0 radical (unpaired) electrons. The largest absolute Gasteiger partial charge is 0.390 e. The zero-order valence-corrected chi connectivity index (χ0v) is 27.2. The first-order valence-corrected chi connectivity index (χ1v) is 13.9. The van der Waals surface area contributed by atoms with Gasteiger partial charge < -0.3 is 5.11 Å². The quantitative estimate of drug-likeness (QED) is 0.325. The standard InChI is InChI=1S/C22H40.C7H16O.2C2H6/c1-12-14-19(18(13-2)15-20(5,6)7)22(10,11)16-21(8,9)17(3)4;1-6(2)5-7(3,4)8;2*1-2/h12-14,17H,2,15-16H2,1,3-11H3;6,8H,5H2,1-4H3;2*1-2H3/b14-12-,19-18-;;;. The Hall–Kier alpha value is -0.820. The molecule has 1 nitrogen and oxygen atoms in total. The van der Waals surface area contributed by atoms with Gasteiger partial charge >= 0.3 is 0 Å². The van der Waals surface area contributed by atoms with Gasteiger partial charge in [0.2, 0.25) is 0 Å². The average Bonchev–Trinajstić information content (AvgIpc) is 2.64. The lowest BCUT2D eigenvalue weighted by molar-refractivity contribution is 0.0579. The van der Waals surface area contributed by atoms with Gasteiger partial charge in [0.05, 0.1) is 5.60 Å². The van der Waals surface area contributed by atoms with Crippen molar-refractivity contribution in [3.8, 4) is 0 Å². The maximum absolute atomic E-state index is 9.19. The second-order valence-corrected chi connectivity index (χ2v) is 13.0. The summed E-state index contributed by atoms with van der Waals surface area (Å²) in [5.74, 6) is 1.27. The Kier molecular flexibility index (Phi) is 21.9. The normalized spacial score (nSPS) is 13.3. The van der Waals surface area contributed by atoms with Crippen molar-refractivity contribution in [1.29, 1.82) is 0 Å². The van der Waals surface area contributed by atoms with Crippen LogP contribution in [0.25, 0.3) is 0 Å². The number of aliphatic hydroxyl groups is 1. The first-order valence-electron chi connectivity index (χ1n) is 13.9. The van der Waals surface area contributed by atoms with Crippen LogP contribution >= 0.6 is 0 Å². The highest BCUT2D eigenvalue weighted by molar-refractivity contribution is 5.37. The third-order valence-corrected chi connectivity index (χ3v) is 5.74. The van der Waals surface area contributed by atoms with Gasteiger partial charge in [-0.25, -0.2) is 0 Å². The molecule has 0 heterocycles. The topological polar surface area (TPSA) is 20.2 Å². The van der Waals surface area contributed by atoms with Crippen LogP contribution in [0, 0.1) is 28.1 Å². The highest BCUT2D eigenvalue weighted by Crippen LogP contribution is 2.45. The number of hydrogen-bond acceptors (Lipinski definition) is 1. The first kappa shape index (κ1) is 40.4. The molecule has 34 heavy (non-hydrogen) atoms. The molecular formula is C33H68O. The minimum absolute atomic E-state index is 0.148. The predicted molar refractivity (Wildman–Crippen MR) is 162 cm³/mol. The molecule has 0 atom stereocenters. The van der Waals surface area contributed by atoms with Crippen molar-refractivity contribution in [1.82, 2.24) is 0 Å². The minimum Gasteiger partial charge on any atom is -0.390 e. The fraction of sp³-hybridized carbons (Fsp3) is 0.818. The third kappa shape index (κ3) is 21.7. The molecule has 0 aliphatic rings. The van der Waals surface area contributed by atoms with E-state index < -0.39 is 5.60 Å². The summed E-state index contributed by atoms with van der Waals surface area (Å²) in [6.45, 7) is 43.2. The number of allylic oxidation sites excluding steroid dienone is 5. The summed E-state index contributed by atoms with van der Waals surface area (Å²) in [6.07, 6.45) is 9.68. The lowest BCUT2D eigenvalue weighted by atomic mass is 9.65. The molecule has 0 bridgehead atoms. The zero-order chi connectivity index (χ0) is 28.6. The first-order chi connectivity index (χ1) is 15.2. The van der Waals surface area contributed by atoms with Gasteiger partial charge in [-0.3, -0.25) is 0 Å². The molecule has 0 aliphatic carbocycles. The van der Waals surface area contributed by atoms with Crippen molar-refractivity contribution in [2.24, 2.45) is 28.1 Å². The molecule has 0 unspecified atom stereocenters. The Balaban J connectivity index is -0.000000312. The predicted octanol–water partition coefficient (Wildman–Crippen LogP) is 11.4. The second kappa shape index (κ2) is 18.4. The summed E-state index contributed by atoms with van der Waals surface area (Å²) in [5, 5.41) is 9.19. The van der Waals surface area contributed by atoms with Crippen molar-refractivity contribution in [3.63, 3.8) is 0 Å². The maximum atomic E-state index is 9.19. The molecule has 0 fully saturated rings.